The Bertz CT molecular complexity index is 971. The first-order chi connectivity index (χ1) is 15.9. The number of ether oxygens (including phenoxy) is 4. The van der Waals surface area contributed by atoms with Crippen LogP contribution in [0.25, 0.3) is 0 Å². The number of carbonyl (C=O) groups excluding carboxylic acids is 1. The summed E-state index contributed by atoms with van der Waals surface area (Å²) in [4.78, 5) is 22.5. The molecule has 8 nitrogen and oxygen atoms in total. The number of primary amides is 1. The minimum atomic E-state index is -1.03. The van der Waals surface area contributed by atoms with Gasteiger partial charge in [-0.05, 0) is 37.1 Å². The molecule has 0 saturated carbocycles. The van der Waals surface area contributed by atoms with Crippen LogP contribution in [0.1, 0.15) is 41.3 Å². The number of carboxylic acids is 1. The van der Waals surface area contributed by atoms with Crippen molar-refractivity contribution in [1.82, 2.24) is 0 Å². The van der Waals surface area contributed by atoms with E-state index in [0.717, 1.165) is 12.0 Å². The van der Waals surface area contributed by atoms with Crippen LogP contribution in [0, 0.1) is 0 Å². The summed E-state index contributed by atoms with van der Waals surface area (Å²) < 4.78 is 22.7. The van der Waals surface area contributed by atoms with E-state index in [4.69, 9.17) is 29.8 Å². The molecule has 2 aromatic rings. The van der Waals surface area contributed by atoms with Gasteiger partial charge in [0.1, 0.15) is 23.0 Å². The Hall–Kier alpha value is -3.68. The second kappa shape index (κ2) is 13.0. The molecule has 33 heavy (non-hydrogen) atoms. The highest BCUT2D eigenvalue weighted by Crippen LogP contribution is 2.33. The molecule has 0 heterocycles. The quantitative estimate of drug-likeness (QED) is 0.309. The lowest BCUT2D eigenvalue weighted by molar-refractivity contribution is -0.139. The molecule has 178 valence electrons. The third-order valence-corrected chi connectivity index (χ3v) is 4.78. The van der Waals surface area contributed by atoms with Gasteiger partial charge in [-0.1, -0.05) is 25.5 Å². The average Bonchev–Trinajstić information content (AvgIpc) is 2.79. The maximum atomic E-state index is 11.7. The number of aliphatic carboxylic acids is 1. The fourth-order valence-corrected chi connectivity index (χ4v) is 3.38. The Balaban J connectivity index is 2.02. The molecule has 0 aliphatic rings. The predicted molar refractivity (Wildman–Crippen MR) is 125 cm³/mol. The van der Waals surface area contributed by atoms with E-state index in [-0.39, 0.29) is 0 Å². The van der Waals surface area contributed by atoms with E-state index in [1.165, 1.54) is 7.11 Å². The van der Waals surface area contributed by atoms with Gasteiger partial charge in [-0.25, -0.2) is 4.79 Å². The molecule has 0 fully saturated rings. The van der Waals surface area contributed by atoms with E-state index in [1.54, 1.807) is 30.3 Å². The number of hydrogen-bond donors (Lipinski definition) is 2. The summed E-state index contributed by atoms with van der Waals surface area (Å²) in [6.45, 7) is 6.15. The molecule has 0 aliphatic carbocycles. The Morgan fingerprint density at radius 2 is 1.67 bits per heavy atom. The largest absolute Gasteiger partial charge is 0.495 e. The zero-order chi connectivity index (χ0) is 24.2. The second-order valence-electron chi connectivity index (χ2n) is 7.20. The molecule has 3 N–H and O–H groups in total. The van der Waals surface area contributed by atoms with E-state index in [0.29, 0.717) is 66.6 Å². The van der Waals surface area contributed by atoms with E-state index in [2.05, 4.69) is 6.58 Å². The standard InChI is InChI=1S/C25H31NO7/c1-4-8-17-20(10-6-11-21(17)33-16-23(27)28)31-14-7-15-32-22-13-12-19(25(26)29)24(30-3)18(22)9-5-2/h5-6,10-13H,2,4,7-9,14-16H2,1,3H3,(H2,26,29)(H,27,28). The van der Waals surface area contributed by atoms with Gasteiger partial charge in [-0.3, -0.25) is 4.79 Å². The molecule has 8 heteroatoms. The molecular formula is C25H31NO7. The van der Waals surface area contributed by atoms with Gasteiger partial charge < -0.3 is 29.8 Å². The Labute approximate surface area is 193 Å². The van der Waals surface area contributed by atoms with E-state index in [9.17, 15) is 9.59 Å². The Morgan fingerprint density at radius 3 is 2.21 bits per heavy atom. The lowest BCUT2D eigenvalue weighted by Gasteiger charge is -2.17. The number of hydrogen-bond acceptors (Lipinski definition) is 6. The van der Waals surface area contributed by atoms with Crippen molar-refractivity contribution in [3.8, 4) is 23.0 Å². The molecule has 0 radical (unpaired) electrons. The van der Waals surface area contributed by atoms with Crippen molar-refractivity contribution in [1.29, 1.82) is 0 Å². The molecular weight excluding hydrogens is 426 g/mol. The molecule has 0 unspecified atom stereocenters. The zero-order valence-electron chi connectivity index (χ0n) is 19.1. The maximum Gasteiger partial charge on any atom is 0.341 e. The van der Waals surface area contributed by atoms with Crippen molar-refractivity contribution in [2.75, 3.05) is 26.9 Å². The van der Waals surface area contributed by atoms with E-state index >= 15 is 0 Å². The molecule has 2 aromatic carbocycles. The number of carbonyl (C=O) groups is 2. The first-order valence-electron chi connectivity index (χ1n) is 10.8. The summed E-state index contributed by atoms with van der Waals surface area (Å²) in [5, 5.41) is 8.88. The maximum absolute atomic E-state index is 11.7. The summed E-state index contributed by atoms with van der Waals surface area (Å²) in [5.41, 5.74) is 7.28. The fraction of sp³-hybridized carbons (Fsp3) is 0.360. The normalized spacial score (nSPS) is 10.4. The topological polar surface area (TPSA) is 117 Å². The van der Waals surface area contributed by atoms with Crippen LogP contribution >= 0.6 is 0 Å². The van der Waals surface area contributed by atoms with Gasteiger partial charge in [-0.2, -0.15) is 0 Å². The molecule has 0 atom stereocenters. The van der Waals surface area contributed by atoms with E-state index in [1.807, 2.05) is 13.0 Å². The van der Waals surface area contributed by atoms with Crippen molar-refractivity contribution in [3.63, 3.8) is 0 Å². The summed E-state index contributed by atoms with van der Waals surface area (Å²) in [6, 6.07) is 8.64. The summed E-state index contributed by atoms with van der Waals surface area (Å²) in [7, 11) is 1.48. The van der Waals surface area contributed by atoms with Gasteiger partial charge in [0.05, 0.1) is 25.9 Å². The summed E-state index contributed by atoms with van der Waals surface area (Å²) >= 11 is 0. The Kier molecular flexibility index (Phi) is 10.1. The van der Waals surface area contributed by atoms with Gasteiger partial charge in [0, 0.05) is 17.5 Å². The zero-order valence-corrected chi connectivity index (χ0v) is 19.1. The molecule has 0 aliphatic heterocycles. The third kappa shape index (κ3) is 7.17. The highest BCUT2D eigenvalue weighted by atomic mass is 16.5. The van der Waals surface area contributed by atoms with Crippen LogP contribution in [0.2, 0.25) is 0 Å². The van der Waals surface area contributed by atoms with Crippen LogP contribution in [-0.2, 0) is 17.6 Å². The number of allylic oxidation sites excluding steroid dienone is 1. The highest BCUT2D eigenvalue weighted by molar-refractivity contribution is 5.96. The number of rotatable bonds is 15. The Morgan fingerprint density at radius 1 is 1.03 bits per heavy atom. The van der Waals surface area contributed by atoms with Crippen LogP contribution in [-0.4, -0.2) is 43.9 Å². The van der Waals surface area contributed by atoms with Crippen LogP contribution in [0.15, 0.2) is 43.0 Å². The average molecular weight is 458 g/mol. The lowest BCUT2D eigenvalue weighted by Crippen LogP contribution is -2.14. The first-order valence-corrected chi connectivity index (χ1v) is 10.8. The number of methoxy groups -OCH3 is 1. The number of carboxylic acid groups (broad SMARTS) is 1. The van der Waals surface area contributed by atoms with Crippen LogP contribution < -0.4 is 24.7 Å². The van der Waals surface area contributed by atoms with Crippen LogP contribution in [0.3, 0.4) is 0 Å². The van der Waals surface area contributed by atoms with Gasteiger partial charge in [0.15, 0.2) is 6.61 Å². The first kappa shape index (κ1) is 25.6. The number of amides is 1. The number of benzene rings is 2. The summed E-state index contributed by atoms with van der Waals surface area (Å²) in [6.07, 6.45) is 4.33. The monoisotopic (exact) mass is 457 g/mol. The highest BCUT2D eigenvalue weighted by Gasteiger charge is 2.18. The lowest BCUT2D eigenvalue weighted by atomic mass is 10.0. The number of nitrogens with two attached hydrogens (primary N) is 1. The predicted octanol–water partition coefficient (Wildman–Crippen LogP) is 3.79. The SMILES string of the molecule is C=CCc1c(OCCCOc2cccc(OCC(=O)O)c2CCC)ccc(C(N)=O)c1OC. The van der Waals surface area contributed by atoms with Crippen LogP contribution in [0.4, 0.5) is 0 Å². The molecule has 2 rings (SSSR count). The van der Waals surface area contributed by atoms with Crippen molar-refractivity contribution in [3.05, 3.63) is 59.7 Å². The van der Waals surface area contributed by atoms with Gasteiger partial charge >= 0.3 is 5.97 Å². The van der Waals surface area contributed by atoms with Crippen molar-refractivity contribution in [2.45, 2.75) is 32.6 Å². The summed E-state index contributed by atoms with van der Waals surface area (Å²) in [5.74, 6) is 0.557. The van der Waals surface area contributed by atoms with Gasteiger partial charge in [-0.15, -0.1) is 6.58 Å². The molecule has 0 saturated heterocycles. The second-order valence-corrected chi connectivity index (χ2v) is 7.20. The minimum Gasteiger partial charge on any atom is -0.495 e. The molecule has 0 spiro atoms. The fourth-order valence-electron chi connectivity index (χ4n) is 3.38. The minimum absolute atomic E-state index is 0.290. The van der Waals surface area contributed by atoms with Crippen molar-refractivity contribution in [2.24, 2.45) is 5.73 Å². The smallest absolute Gasteiger partial charge is 0.341 e. The van der Waals surface area contributed by atoms with Crippen LogP contribution in [0.5, 0.6) is 23.0 Å². The molecule has 1 amide bonds. The molecule has 0 bridgehead atoms. The molecule has 0 aromatic heterocycles. The van der Waals surface area contributed by atoms with Crippen molar-refractivity contribution < 1.29 is 33.6 Å². The van der Waals surface area contributed by atoms with Crippen molar-refractivity contribution >= 4 is 11.9 Å². The van der Waals surface area contributed by atoms with Gasteiger partial charge in [0.2, 0.25) is 0 Å². The van der Waals surface area contributed by atoms with E-state index < -0.39 is 18.5 Å². The van der Waals surface area contributed by atoms with Gasteiger partial charge in [0.25, 0.3) is 5.91 Å². The third-order valence-electron chi connectivity index (χ3n) is 4.78.